The number of guanidine groups is 2. The third-order valence-corrected chi connectivity index (χ3v) is 3.82. The lowest BCUT2D eigenvalue weighted by molar-refractivity contribution is 0.173. The van der Waals surface area contributed by atoms with Gasteiger partial charge in [0.2, 0.25) is 18.7 Å². The highest BCUT2D eigenvalue weighted by atomic mass is 16.7. The van der Waals surface area contributed by atoms with Gasteiger partial charge >= 0.3 is 0 Å². The molecule has 1 aromatic rings. The number of ether oxygens (including phenoxy) is 2. The second-order valence-electron chi connectivity index (χ2n) is 5.88. The van der Waals surface area contributed by atoms with Crippen molar-refractivity contribution in [2.45, 2.75) is 19.5 Å². The standard InChI is InChI=1S/C16H23N5O2/c1-11-17-15(20(2)3)19-16(18-11)21(4)9-8-12-6-5-7-13-14(12)23-10-22-13/h5-7,11H,8-10H2,1-4H3,(H,17,18,19). The van der Waals surface area contributed by atoms with Gasteiger partial charge in [-0.05, 0) is 25.0 Å². The van der Waals surface area contributed by atoms with Gasteiger partial charge in [-0.3, -0.25) is 5.32 Å². The molecular formula is C16H23N5O2. The first-order valence-electron chi connectivity index (χ1n) is 7.73. The van der Waals surface area contributed by atoms with Gasteiger partial charge in [-0.1, -0.05) is 12.1 Å². The molecule has 0 fully saturated rings. The average Bonchev–Trinajstić information content (AvgIpc) is 3.01. The SMILES string of the molecule is CC1N=C(N(C)C)NC(N(C)CCc2cccc3c2OCO3)=N1. The summed E-state index contributed by atoms with van der Waals surface area (Å²) >= 11 is 0. The highest BCUT2D eigenvalue weighted by Gasteiger charge is 2.20. The molecule has 2 aliphatic rings. The number of rotatable bonds is 3. The second-order valence-corrected chi connectivity index (χ2v) is 5.88. The molecule has 0 saturated carbocycles. The maximum absolute atomic E-state index is 5.56. The zero-order valence-electron chi connectivity index (χ0n) is 14.0. The van der Waals surface area contributed by atoms with Crippen molar-refractivity contribution in [1.29, 1.82) is 0 Å². The molecule has 3 rings (SSSR count). The predicted octanol–water partition coefficient (Wildman–Crippen LogP) is 1.11. The Bertz CT molecular complexity index is 641. The molecule has 1 aromatic carbocycles. The van der Waals surface area contributed by atoms with Crippen LogP contribution in [0.15, 0.2) is 28.2 Å². The van der Waals surface area contributed by atoms with Crippen LogP contribution in [0.2, 0.25) is 0 Å². The number of benzene rings is 1. The molecule has 1 unspecified atom stereocenters. The molecule has 2 aliphatic heterocycles. The largest absolute Gasteiger partial charge is 0.454 e. The quantitative estimate of drug-likeness (QED) is 0.905. The summed E-state index contributed by atoms with van der Waals surface area (Å²) in [6.07, 6.45) is 0.774. The average molecular weight is 317 g/mol. The van der Waals surface area contributed by atoms with Gasteiger partial charge in [0.1, 0.15) is 6.17 Å². The summed E-state index contributed by atoms with van der Waals surface area (Å²) in [6, 6.07) is 6.01. The van der Waals surface area contributed by atoms with E-state index in [2.05, 4.69) is 26.3 Å². The molecule has 1 atom stereocenters. The van der Waals surface area contributed by atoms with Crippen LogP contribution in [0.5, 0.6) is 11.5 Å². The van der Waals surface area contributed by atoms with Crippen molar-refractivity contribution in [2.75, 3.05) is 34.5 Å². The van der Waals surface area contributed by atoms with E-state index in [0.29, 0.717) is 6.79 Å². The number of likely N-dealkylation sites (N-methyl/N-ethyl adjacent to an activating group) is 1. The van der Waals surface area contributed by atoms with E-state index in [-0.39, 0.29) is 6.17 Å². The lowest BCUT2D eigenvalue weighted by Gasteiger charge is -2.29. The van der Waals surface area contributed by atoms with Crippen molar-refractivity contribution < 1.29 is 9.47 Å². The minimum atomic E-state index is -0.0798. The van der Waals surface area contributed by atoms with Crippen molar-refractivity contribution in [2.24, 2.45) is 9.98 Å². The summed E-state index contributed by atoms with van der Waals surface area (Å²) < 4.78 is 11.0. The molecule has 1 N–H and O–H groups in total. The third-order valence-electron chi connectivity index (χ3n) is 3.82. The van der Waals surface area contributed by atoms with Crippen LogP contribution >= 0.6 is 0 Å². The highest BCUT2D eigenvalue weighted by Crippen LogP contribution is 2.35. The number of nitrogens with one attached hydrogen (secondary N) is 1. The van der Waals surface area contributed by atoms with Crippen LogP contribution in [0, 0.1) is 0 Å². The first-order valence-corrected chi connectivity index (χ1v) is 7.73. The summed E-state index contributed by atoms with van der Waals surface area (Å²) in [5.74, 6) is 3.35. The lowest BCUT2D eigenvalue weighted by Crippen LogP contribution is -2.50. The minimum Gasteiger partial charge on any atom is -0.454 e. The van der Waals surface area contributed by atoms with Crippen LogP contribution < -0.4 is 14.8 Å². The highest BCUT2D eigenvalue weighted by molar-refractivity contribution is 5.99. The molecule has 0 radical (unpaired) electrons. The Hall–Kier alpha value is -2.44. The monoisotopic (exact) mass is 317 g/mol. The minimum absolute atomic E-state index is 0.0798. The number of para-hydroxylation sites is 1. The van der Waals surface area contributed by atoms with E-state index in [1.165, 1.54) is 0 Å². The molecule has 7 nitrogen and oxygen atoms in total. The summed E-state index contributed by atoms with van der Waals surface area (Å²) in [5.41, 5.74) is 1.15. The van der Waals surface area contributed by atoms with Crippen molar-refractivity contribution >= 4 is 11.9 Å². The van der Waals surface area contributed by atoms with Crippen LogP contribution in [0.25, 0.3) is 0 Å². The maximum Gasteiger partial charge on any atom is 0.231 e. The normalized spacial score (nSPS) is 18.9. The van der Waals surface area contributed by atoms with Gasteiger partial charge in [-0.15, -0.1) is 0 Å². The fourth-order valence-corrected chi connectivity index (χ4v) is 2.55. The Morgan fingerprint density at radius 3 is 2.74 bits per heavy atom. The Morgan fingerprint density at radius 2 is 1.96 bits per heavy atom. The van der Waals surface area contributed by atoms with Crippen LogP contribution in [0.4, 0.5) is 0 Å². The van der Waals surface area contributed by atoms with Crippen LogP contribution in [0.3, 0.4) is 0 Å². The van der Waals surface area contributed by atoms with Gasteiger partial charge in [0.05, 0.1) is 0 Å². The van der Waals surface area contributed by atoms with Crippen molar-refractivity contribution in [1.82, 2.24) is 15.1 Å². The van der Waals surface area contributed by atoms with E-state index in [4.69, 9.17) is 9.47 Å². The molecule has 2 heterocycles. The first kappa shape index (κ1) is 15.5. The number of aliphatic imine (C=N–C) groups is 2. The van der Waals surface area contributed by atoms with Crippen LogP contribution in [-0.4, -0.2) is 62.4 Å². The van der Waals surface area contributed by atoms with Gasteiger partial charge < -0.3 is 19.3 Å². The van der Waals surface area contributed by atoms with Gasteiger partial charge in [0, 0.05) is 27.7 Å². The molecule has 0 amide bonds. The lowest BCUT2D eigenvalue weighted by atomic mass is 10.1. The van der Waals surface area contributed by atoms with Crippen molar-refractivity contribution in [3.8, 4) is 11.5 Å². The second kappa shape index (κ2) is 6.36. The van der Waals surface area contributed by atoms with Crippen LogP contribution in [-0.2, 0) is 6.42 Å². The van der Waals surface area contributed by atoms with E-state index >= 15 is 0 Å². The predicted molar refractivity (Wildman–Crippen MR) is 90.1 cm³/mol. The van der Waals surface area contributed by atoms with Gasteiger partial charge in [0.25, 0.3) is 0 Å². The number of fused-ring (bicyclic) bond motifs is 1. The molecule has 7 heteroatoms. The van der Waals surface area contributed by atoms with E-state index in [9.17, 15) is 0 Å². The number of nitrogens with zero attached hydrogens (tertiary/aromatic N) is 4. The Labute approximate surface area is 136 Å². The van der Waals surface area contributed by atoms with Crippen molar-refractivity contribution in [3.63, 3.8) is 0 Å². The first-order chi connectivity index (χ1) is 11.0. The maximum atomic E-state index is 5.56. The zero-order valence-corrected chi connectivity index (χ0v) is 14.0. The van der Waals surface area contributed by atoms with E-state index in [1.54, 1.807) is 0 Å². The van der Waals surface area contributed by atoms with E-state index < -0.39 is 0 Å². The third kappa shape index (κ3) is 3.33. The van der Waals surface area contributed by atoms with Gasteiger partial charge in [-0.2, -0.15) is 0 Å². The number of hydrogen-bond donors (Lipinski definition) is 1. The van der Waals surface area contributed by atoms with E-state index in [0.717, 1.165) is 41.9 Å². The summed E-state index contributed by atoms with van der Waals surface area (Å²) in [6.45, 7) is 3.10. The van der Waals surface area contributed by atoms with Gasteiger partial charge in [0.15, 0.2) is 11.5 Å². The zero-order chi connectivity index (χ0) is 16.4. The molecule has 0 aliphatic carbocycles. The molecule has 0 saturated heterocycles. The van der Waals surface area contributed by atoms with Crippen molar-refractivity contribution in [3.05, 3.63) is 23.8 Å². The molecule has 124 valence electrons. The number of hydrogen-bond acceptors (Lipinski definition) is 7. The molecule has 0 spiro atoms. The fourth-order valence-electron chi connectivity index (χ4n) is 2.55. The van der Waals surface area contributed by atoms with E-state index in [1.807, 2.05) is 45.1 Å². The van der Waals surface area contributed by atoms with Gasteiger partial charge in [-0.25, -0.2) is 9.98 Å². The van der Waals surface area contributed by atoms with Crippen LogP contribution in [0.1, 0.15) is 12.5 Å². The summed E-state index contributed by atoms with van der Waals surface area (Å²) in [4.78, 5) is 13.1. The smallest absolute Gasteiger partial charge is 0.231 e. The summed E-state index contributed by atoms with van der Waals surface area (Å²) in [5, 5.41) is 3.27. The topological polar surface area (TPSA) is 61.7 Å². The fraction of sp³-hybridized carbons (Fsp3) is 0.500. The molecular weight excluding hydrogens is 294 g/mol. The Balaban J connectivity index is 1.64. The Kier molecular flexibility index (Phi) is 4.27. The Morgan fingerprint density at radius 1 is 1.17 bits per heavy atom. The molecule has 23 heavy (non-hydrogen) atoms. The molecule has 0 aromatic heterocycles. The molecule has 0 bridgehead atoms. The summed E-state index contributed by atoms with van der Waals surface area (Å²) in [7, 11) is 5.95.